The van der Waals surface area contributed by atoms with Gasteiger partial charge in [-0.2, -0.15) is 0 Å². The van der Waals surface area contributed by atoms with E-state index >= 15 is 0 Å². The monoisotopic (exact) mass is 624 g/mol. The second-order valence-corrected chi connectivity index (χ2v) is 15.5. The molecule has 0 amide bonds. The lowest BCUT2D eigenvalue weighted by molar-refractivity contribution is -0.199. The van der Waals surface area contributed by atoms with Crippen molar-refractivity contribution in [1.82, 2.24) is 0 Å². The smallest absolute Gasteiger partial charge is 0.333 e. The van der Waals surface area contributed by atoms with Crippen LogP contribution < -0.4 is 0 Å². The predicted molar refractivity (Wildman–Crippen MR) is 168 cm³/mol. The zero-order valence-corrected chi connectivity index (χ0v) is 27.9. The fourth-order valence-electron chi connectivity index (χ4n) is 9.40. The summed E-state index contributed by atoms with van der Waals surface area (Å²) < 4.78 is 21.8. The Hall–Kier alpha value is -2.90. The van der Waals surface area contributed by atoms with Crippen LogP contribution in [0.4, 0.5) is 0 Å². The molecule has 5 atom stereocenters. The third kappa shape index (κ3) is 6.80. The molecule has 0 aromatic heterocycles. The van der Waals surface area contributed by atoms with Gasteiger partial charge in [-0.15, -0.1) is 0 Å². The summed E-state index contributed by atoms with van der Waals surface area (Å²) in [6, 6.07) is 0. The molecule has 6 bridgehead atoms. The first kappa shape index (κ1) is 33.5. The number of hydrogen-bond donors (Lipinski definition) is 0. The van der Waals surface area contributed by atoms with Gasteiger partial charge in [-0.05, 0) is 129 Å². The Morgan fingerprint density at radius 2 is 1.24 bits per heavy atom. The van der Waals surface area contributed by atoms with Crippen molar-refractivity contribution in [1.29, 1.82) is 0 Å². The highest BCUT2D eigenvalue weighted by Gasteiger charge is 2.63. The second-order valence-electron chi connectivity index (χ2n) is 15.5. The van der Waals surface area contributed by atoms with E-state index in [1.807, 2.05) is 6.92 Å². The van der Waals surface area contributed by atoms with Gasteiger partial charge < -0.3 is 18.9 Å². The van der Waals surface area contributed by atoms with Crippen LogP contribution in [-0.2, 0) is 38.1 Å². The summed E-state index contributed by atoms with van der Waals surface area (Å²) >= 11 is 0. The van der Waals surface area contributed by atoms with Crippen LogP contribution >= 0.6 is 0 Å². The van der Waals surface area contributed by atoms with Gasteiger partial charge in [0.15, 0.2) is 0 Å². The maximum Gasteiger partial charge on any atom is 0.333 e. The van der Waals surface area contributed by atoms with E-state index in [1.165, 1.54) is 44.9 Å². The Bertz CT molecular complexity index is 1230. The number of fused-ring (bicyclic) bond motifs is 1. The molecular weight excluding hydrogens is 572 g/mol. The fourth-order valence-corrected chi connectivity index (χ4v) is 9.40. The van der Waals surface area contributed by atoms with E-state index in [4.69, 9.17) is 18.9 Å². The SMILES string of the molecule is C=C(C)C(=O)OC1(C)C2CC3CC(C2)CC1C3.C=C(C)C(=O)OC1(C)CCCC1.C=C(C)C(=O)OC1C2CC3C(=O)OC1C3C2. The first-order chi connectivity index (χ1) is 21.1. The third-order valence-electron chi connectivity index (χ3n) is 11.8. The van der Waals surface area contributed by atoms with E-state index in [2.05, 4.69) is 26.7 Å². The lowest BCUT2D eigenvalue weighted by Crippen LogP contribution is -2.58. The molecule has 8 aliphatic rings. The average Bonchev–Trinajstić information content (AvgIpc) is 3.71. The van der Waals surface area contributed by atoms with Gasteiger partial charge in [0, 0.05) is 28.6 Å². The van der Waals surface area contributed by atoms with Crippen molar-refractivity contribution < 1.29 is 38.1 Å². The minimum atomic E-state index is -0.378. The van der Waals surface area contributed by atoms with Crippen molar-refractivity contribution in [2.24, 2.45) is 41.4 Å². The number of rotatable bonds is 6. The van der Waals surface area contributed by atoms with E-state index in [0.717, 1.165) is 37.5 Å². The largest absolute Gasteiger partial charge is 0.458 e. The molecule has 7 saturated carbocycles. The first-order valence-electron chi connectivity index (χ1n) is 16.9. The molecule has 1 heterocycles. The van der Waals surface area contributed by atoms with Crippen LogP contribution in [0.25, 0.3) is 0 Å². The van der Waals surface area contributed by atoms with Crippen molar-refractivity contribution in [3.05, 3.63) is 36.5 Å². The Kier molecular flexibility index (Phi) is 9.45. The lowest BCUT2D eigenvalue weighted by Gasteiger charge is -2.59. The van der Waals surface area contributed by atoms with Crippen LogP contribution in [0.3, 0.4) is 0 Å². The van der Waals surface area contributed by atoms with Gasteiger partial charge in [-0.25, -0.2) is 14.4 Å². The highest BCUT2D eigenvalue weighted by molar-refractivity contribution is 5.88. The van der Waals surface area contributed by atoms with E-state index < -0.39 is 0 Å². The van der Waals surface area contributed by atoms with Crippen LogP contribution in [0, 0.1) is 41.4 Å². The Morgan fingerprint density at radius 3 is 1.76 bits per heavy atom. The van der Waals surface area contributed by atoms with Crippen LogP contribution in [0.2, 0.25) is 0 Å². The molecule has 0 N–H and O–H groups in total. The van der Waals surface area contributed by atoms with Gasteiger partial charge in [0.1, 0.15) is 23.4 Å². The molecule has 0 aromatic carbocycles. The van der Waals surface area contributed by atoms with Crippen LogP contribution in [0.5, 0.6) is 0 Å². The normalized spacial score (nSPS) is 38.6. The molecular formula is C37H52O8. The van der Waals surface area contributed by atoms with Crippen molar-refractivity contribution in [3.8, 4) is 0 Å². The quantitative estimate of drug-likeness (QED) is 0.180. The minimum absolute atomic E-state index is 0.0646. The van der Waals surface area contributed by atoms with Crippen LogP contribution in [0.1, 0.15) is 105 Å². The first-order valence-corrected chi connectivity index (χ1v) is 16.9. The third-order valence-corrected chi connectivity index (χ3v) is 11.8. The van der Waals surface area contributed by atoms with Gasteiger partial charge in [0.05, 0.1) is 5.92 Å². The Labute approximate surface area is 268 Å². The average molecular weight is 625 g/mol. The lowest BCUT2D eigenvalue weighted by atomic mass is 9.50. The molecule has 0 radical (unpaired) electrons. The summed E-state index contributed by atoms with van der Waals surface area (Å²) in [5, 5.41) is 0. The number of hydrogen-bond acceptors (Lipinski definition) is 8. The zero-order valence-electron chi connectivity index (χ0n) is 27.9. The number of esters is 4. The maximum atomic E-state index is 11.8. The summed E-state index contributed by atoms with van der Waals surface area (Å²) in [6.07, 6.45) is 12.2. The van der Waals surface area contributed by atoms with Gasteiger partial charge in [0.25, 0.3) is 0 Å². The highest BCUT2D eigenvalue weighted by atomic mass is 16.6. The van der Waals surface area contributed by atoms with E-state index in [0.29, 0.717) is 34.5 Å². The van der Waals surface area contributed by atoms with Gasteiger partial charge in [-0.3, -0.25) is 4.79 Å². The summed E-state index contributed by atoms with van der Waals surface area (Å²) in [6.45, 7) is 20.0. The van der Waals surface area contributed by atoms with Crippen molar-refractivity contribution in [3.63, 3.8) is 0 Å². The molecule has 248 valence electrons. The van der Waals surface area contributed by atoms with Gasteiger partial charge in [-0.1, -0.05) is 19.7 Å². The molecule has 5 unspecified atom stereocenters. The fraction of sp³-hybridized carbons (Fsp3) is 0.730. The van der Waals surface area contributed by atoms with Gasteiger partial charge >= 0.3 is 23.9 Å². The van der Waals surface area contributed by atoms with E-state index in [9.17, 15) is 19.2 Å². The van der Waals surface area contributed by atoms with Crippen LogP contribution in [-0.4, -0.2) is 47.3 Å². The summed E-state index contributed by atoms with van der Waals surface area (Å²) in [4.78, 5) is 45.9. The predicted octanol–water partition coefficient (Wildman–Crippen LogP) is 6.81. The molecule has 45 heavy (non-hydrogen) atoms. The van der Waals surface area contributed by atoms with Crippen molar-refractivity contribution >= 4 is 23.9 Å². The molecule has 0 spiro atoms. The van der Waals surface area contributed by atoms with Crippen molar-refractivity contribution in [2.75, 3.05) is 0 Å². The molecule has 1 aliphatic heterocycles. The molecule has 8 heteroatoms. The summed E-state index contributed by atoms with van der Waals surface area (Å²) in [5.74, 6) is 2.74. The number of carbonyl (C=O) groups excluding carboxylic acids is 4. The topological polar surface area (TPSA) is 105 Å². The highest BCUT2D eigenvalue weighted by Crippen LogP contribution is 2.59. The van der Waals surface area contributed by atoms with Crippen molar-refractivity contribution in [2.45, 2.75) is 129 Å². The van der Waals surface area contributed by atoms with Gasteiger partial charge in [0.2, 0.25) is 0 Å². The molecule has 8 nitrogen and oxygen atoms in total. The second kappa shape index (κ2) is 12.7. The summed E-state index contributed by atoms with van der Waals surface area (Å²) in [7, 11) is 0. The zero-order chi connectivity index (χ0) is 32.8. The van der Waals surface area contributed by atoms with E-state index in [1.54, 1.807) is 20.8 Å². The Morgan fingerprint density at radius 1 is 0.733 bits per heavy atom. The minimum Gasteiger partial charge on any atom is -0.458 e. The standard InChI is InChI=1S/C15H22O2.C12H14O4.C10H16O2/c1-9(2)14(16)17-15(3)12-5-10-4-11(7-12)8-13(15)6-10;1-5(2)11(13)15-9-6-3-7-8(4-6)12(14)16-10(7)9;1-8(2)9(11)12-10(3)6-4-5-7-10/h10-13H,1,4-8H2,2-3H3;6-10H,1,3-4H2,2H3;1,4-7H2,2-3H3. The summed E-state index contributed by atoms with van der Waals surface area (Å²) in [5.41, 5.74) is 0.992. The molecule has 8 fully saturated rings. The molecule has 8 rings (SSSR count). The molecule has 0 aromatic rings. The number of carbonyl (C=O) groups is 4. The number of ether oxygens (including phenoxy) is 4. The molecule has 1 saturated heterocycles. The van der Waals surface area contributed by atoms with E-state index in [-0.39, 0.29) is 59.1 Å². The Balaban J connectivity index is 0.000000136. The van der Waals surface area contributed by atoms with Crippen LogP contribution in [0.15, 0.2) is 36.5 Å². The molecule has 7 aliphatic carbocycles. The maximum absolute atomic E-state index is 11.8.